The van der Waals surface area contributed by atoms with Gasteiger partial charge in [0.05, 0.1) is 30.1 Å². The van der Waals surface area contributed by atoms with Crippen molar-refractivity contribution in [1.29, 1.82) is 0 Å². The number of amides is 2. The Kier molecular flexibility index (Phi) is 5.64. The first kappa shape index (κ1) is 18.8. The van der Waals surface area contributed by atoms with Crippen LogP contribution in [0.4, 0.5) is 17.1 Å². The topological polar surface area (TPSA) is 79.5 Å². The molecule has 6 nitrogen and oxygen atoms in total. The third-order valence-corrected chi connectivity index (χ3v) is 4.55. The summed E-state index contributed by atoms with van der Waals surface area (Å²) in [5.74, 6) is 0.170. The van der Waals surface area contributed by atoms with Crippen LogP contribution in [0.15, 0.2) is 36.4 Å². The second-order valence-corrected chi connectivity index (χ2v) is 6.77. The fourth-order valence-electron chi connectivity index (χ4n) is 2.95. The van der Waals surface area contributed by atoms with E-state index in [0.29, 0.717) is 18.0 Å². The first-order chi connectivity index (χ1) is 13.0. The van der Waals surface area contributed by atoms with Crippen molar-refractivity contribution in [1.82, 2.24) is 0 Å². The molecule has 0 spiro atoms. The number of anilines is 3. The first-order valence-corrected chi connectivity index (χ1v) is 9.18. The van der Waals surface area contributed by atoms with E-state index in [9.17, 15) is 9.59 Å². The van der Waals surface area contributed by atoms with Crippen molar-refractivity contribution in [2.45, 2.75) is 39.7 Å². The lowest BCUT2D eigenvalue weighted by atomic mass is 10.0. The Morgan fingerprint density at radius 1 is 1.15 bits per heavy atom. The molecule has 1 atom stereocenters. The van der Waals surface area contributed by atoms with Gasteiger partial charge in [-0.3, -0.25) is 9.59 Å². The zero-order valence-corrected chi connectivity index (χ0v) is 15.9. The van der Waals surface area contributed by atoms with E-state index in [-0.39, 0.29) is 18.2 Å². The van der Waals surface area contributed by atoms with Crippen LogP contribution in [-0.2, 0) is 9.59 Å². The van der Waals surface area contributed by atoms with E-state index in [2.05, 4.69) is 16.0 Å². The average molecular weight is 367 g/mol. The second kappa shape index (κ2) is 8.12. The van der Waals surface area contributed by atoms with Gasteiger partial charge in [-0.05, 0) is 55.7 Å². The van der Waals surface area contributed by atoms with E-state index in [4.69, 9.17) is 4.74 Å². The number of hydrogen-bond donors (Lipinski definition) is 3. The Balaban J connectivity index is 1.68. The summed E-state index contributed by atoms with van der Waals surface area (Å²) in [7, 11) is 0. The molecule has 0 bridgehead atoms. The summed E-state index contributed by atoms with van der Waals surface area (Å²) in [5, 5.41) is 8.90. The van der Waals surface area contributed by atoms with Crippen molar-refractivity contribution in [3.05, 3.63) is 47.5 Å². The predicted molar refractivity (Wildman–Crippen MR) is 107 cm³/mol. The Hall–Kier alpha value is -3.02. The summed E-state index contributed by atoms with van der Waals surface area (Å²) < 4.78 is 5.66. The van der Waals surface area contributed by atoms with Crippen molar-refractivity contribution in [3.8, 4) is 5.75 Å². The standard InChI is InChI=1S/C21H25N3O3/c1-4-9-27-19-8-6-5-7-15(19)23-20(25)12-18-21(26)24-17-11-14(3)13(2)10-16(17)22-18/h5-8,10-11,18,22H,4,9,12H2,1-3H3,(H,23,25)(H,24,26). The normalized spacial score (nSPS) is 15.4. The van der Waals surface area contributed by atoms with Crippen LogP contribution in [0.2, 0.25) is 0 Å². The largest absolute Gasteiger partial charge is 0.491 e. The number of carbonyl (C=O) groups excluding carboxylic acids is 2. The molecule has 2 aromatic carbocycles. The SMILES string of the molecule is CCCOc1ccccc1NC(=O)CC1Nc2cc(C)c(C)cc2NC1=O. The number of fused-ring (bicyclic) bond motifs is 1. The molecule has 1 heterocycles. The van der Waals surface area contributed by atoms with E-state index in [1.807, 2.05) is 51.1 Å². The number of para-hydroxylation sites is 2. The number of rotatable bonds is 6. The molecule has 0 radical (unpaired) electrons. The number of benzene rings is 2. The van der Waals surface area contributed by atoms with Crippen LogP contribution in [0.3, 0.4) is 0 Å². The van der Waals surface area contributed by atoms with E-state index in [1.54, 1.807) is 6.07 Å². The monoisotopic (exact) mass is 367 g/mol. The molecule has 27 heavy (non-hydrogen) atoms. The van der Waals surface area contributed by atoms with E-state index < -0.39 is 6.04 Å². The highest BCUT2D eigenvalue weighted by molar-refractivity contribution is 6.06. The van der Waals surface area contributed by atoms with E-state index in [1.165, 1.54) is 0 Å². The number of aryl methyl sites for hydroxylation is 2. The van der Waals surface area contributed by atoms with Crippen LogP contribution in [0.5, 0.6) is 5.75 Å². The maximum absolute atomic E-state index is 12.5. The summed E-state index contributed by atoms with van der Waals surface area (Å²) >= 11 is 0. The average Bonchev–Trinajstić information content (AvgIpc) is 2.63. The maximum Gasteiger partial charge on any atom is 0.247 e. The molecule has 0 saturated carbocycles. The van der Waals surface area contributed by atoms with Crippen LogP contribution in [0.25, 0.3) is 0 Å². The molecular formula is C21H25N3O3. The molecule has 0 fully saturated rings. The molecule has 3 N–H and O–H groups in total. The lowest BCUT2D eigenvalue weighted by Crippen LogP contribution is -2.41. The molecule has 1 unspecified atom stereocenters. The molecule has 2 amide bonds. The summed E-state index contributed by atoms with van der Waals surface area (Å²) in [6.45, 7) is 6.62. The molecular weight excluding hydrogens is 342 g/mol. The number of carbonyl (C=O) groups is 2. The molecule has 1 aliphatic heterocycles. The van der Waals surface area contributed by atoms with Gasteiger partial charge < -0.3 is 20.7 Å². The third-order valence-electron chi connectivity index (χ3n) is 4.55. The molecule has 0 saturated heterocycles. The van der Waals surface area contributed by atoms with Crippen molar-refractivity contribution in [3.63, 3.8) is 0 Å². The lowest BCUT2D eigenvalue weighted by molar-refractivity contribution is -0.122. The molecule has 2 aromatic rings. The summed E-state index contributed by atoms with van der Waals surface area (Å²) in [6.07, 6.45) is 0.910. The first-order valence-electron chi connectivity index (χ1n) is 9.18. The van der Waals surface area contributed by atoms with Crippen LogP contribution in [-0.4, -0.2) is 24.5 Å². The smallest absolute Gasteiger partial charge is 0.247 e. The van der Waals surface area contributed by atoms with Gasteiger partial charge in [-0.1, -0.05) is 19.1 Å². The summed E-state index contributed by atoms with van der Waals surface area (Å²) in [5.41, 5.74) is 4.43. The van der Waals surface area contributed by atoms with Crippen LogP contribution in [0, 0.1) is 13.8 Å². The van der Waals surface area contributed by atoms with Gasteiger partial charge in [0.1, 0.15) is 11.8 Å². The fraction of sp³-hybridized carbons (Fsp3) is 0.333. The van der Waals surface area contributed by atoms with Crippen molar-refractivity contribution in [2.24, 2.45) is 0 Å². The van der Waals surface area contributed by atoms with Crippen molar-refractivity contribution >= 4 is 28.9 Å². The quantitative estimate of drug-likeness (QED) is 0.724. The number of hydrogen-bond acceptors (Lipinski definition) is 4. The molecule has 3 rings (SSSR count). The summed E-state index contributed by atoms with van der Waals surface area (Å²) in [4.78, 5) is 24.9. The zero-order valence-electron chi connectivity index (χ0n) is 15.9. The van der Waals surface area contributed by atoms with Crippen LogP contribution >= 0.6 is 0 Å². The maximum atomic E-state index is 12.5. The predicted octanol–water partition coefficient (Wildman–Crippen LogP) is 3.85. The molecule has 0 aliphatic carbocycles. The van der Waals surface area contributed by atoms with Gasteiger partial charge in [0.2, 0.25) is 11.8 Å². The van der Waals surface area contributed by atoms with Gasteiger partial charge in [0.25, 0.3) is 0 Å². The molecule has 0 aromatic heterocycles. The van der Waals surface area contributed by atoms with Gasteiger partial charge in [-0.25, -0.2) is 0 Å². The van der Waals surface area contributed by atoms with Crippen molar-refractivity contribution < 1.29 is 14.3 Å². The van der Waals surface area contributed by atoms with Gasteiger partial charge in [-0.15, -0.1) is 0 Å². The van der Waals surface area contributed by atoms with Crippen LogP contribution < -0.4 is 20.7 Å². The number of ether oxygens (including phenoxy) is 1. The third kappa shape index (κ3) is 4.39. The Bertz CT molecular complexity index is 864. The van der Waals surface area contributed by atoms with E-state index >= 15 is 0 Å². The Morgan fingerprint density at radius 2 is 1.85 bits per heavy atom. The van der Waals surface area contributed by atoms with Gasteiger partial charge in [-0.2, -0.15) is 0 Å². The highest BCUT2D eigenvalue weighted by Crippen LogP contribution is 2.31. The minimum Gasteiger partial charge on any atom is -0.491 e. The van der Waals surface area contributed by atoms with Gasteiger partial charge in [0.15, 0.2) is 0 Å². The highest BCUT2D eigenvalue weighted by atomic mass is 16.5. The molecule has 6 heteroatoms. The molecule has 1 aliphatic rings. The lowest BCUT2D eigenvalue weighted by Gasteiger charge is -2.27. The number of nitrogens with one attached hydrogen (secondary N) is 3. The summed E-state index contributed by atoms with van der Waals surface area (Å²) in [6, 6.07) is 10.6. The van der Waals surface area contributed by atoms with Gasteiger partial charge >= 0.3 is 0 Å². The fourth-order valence-corrected chi connectivity index (χ4v) is 2.95. The molecule has 142 valence electrons. The zero-order chi connectivity index (χ0) is 19.4. The van der Waals surface area contributed by atoms with Crippen molar-refractivity contribution in [2.75, 3.05) is 22.6 Å². The Morgan fingerprint density at radius 3 is 2.59 bits per heavy atom. The highest BCUT2D eigenvalue weighted by Gasteiger charge is 2.28. The Labute approximate surface area is 159 Å². The minimum atomic E-state index is -0.622. The second-order valence-electron chi connectivity index (χ2n) is 6.77. The minimum absolute atomic E-state index is 0.0281. The van der Waals surface area contributed by atoms with Gasteiger partial charge in [0, 0.05) is 0 Å². The van der Waals surface area contributed by atoms with E-state index in [0.717, 1.165) is 28.9 Å². The van der Waals surface area contributed by atoms with Crippen LogP contribution in [0.1, 0.15) is 30.9 Å².